The van der Waals surface area contributed by atoms with Gasteiger partial charge in [0.25, 0.3) is 0 Å². The zero-order valence-electron chi connectivity index (χ0n) is 17.8. The minimum atomic E-state index is -1.85. The van der Waals surface area contributed by atoms with E-state index in [9.17, 15) is 50.4 Å². The van der Waals surface area contributed by atoms with Crippen LogP contribution in [-0.2, 0) is 19.0 Å². The number of aromatic hydroxyl groups is 5. The highest BCUT2D eigenvalue weighted by atomic mass is 16.7. The molecule has 1 saturated heterocycles. The molecular formula is C22H22O13. The summed E-state index contributed by atoms with van der Waals surface area (Å²) in [7, 11) is 0. The molecule has 0 radical (unpaired) electrons. The van der Waals surface area contributed by atoms with Gasteiger partial charge in [0.15, 0.2) is 28.7 Å². The van der Waals surface area contributed by atoms with Crippen LogP contribution in [0.15, 0.2) is 36.4 Å². The fraction of sp³-hybridized carbons (Fsp3) is 0.273. The lowest BCUT2D eigenvalue weighted by Crippen LogP contribution is -2.59. The molecule has 35 heavy (non-hydrogen) atoms. The molecule has 0 bridgehead atoms. The van der Waals surface area contributed by atoms with Crippen molar-refractivity contribution < 1.29 is 64.7 Å². The van der Waals surface area contributed by atoms with Crippen molar-refractivity contribution in [1.29, 1.82) is 0 Å². The molecule has 0 spiro atoms. The van der Waals surface area contributed by atoms with Gasteiger partial charge in [0.05, 0.1) is 5.56 Å². The van der Waals surface area contributed by atoms with Crippen LogP contribution in [0.3, 0.4) is 0 Å². The molecule has 0 aliphatic carbocycles. The lowest BCUT2D eigenvalue weighted by Gasteiger charge is -2.39. The Kier molecular flexibility index (Phi) is 7.66. The summed E-state index contributed by atoms with van der Waals surface area (Å²) in [5.74, 6) is -5.32. The van der Waals surface area contributed by atoms with E-state index >= 15 is 0 Å². The fourth-order valence-electron chi connectivity index (χ4n) is 3.08. The van der Waals surface area contributed by atoms with Crippen molar-refractivity contribution in [2.45, 2.75) is 30.7 Å². The van der Waals surface area contributed by atoms with Crippen LogP contribution in [-0.4, -0.2) is 90.1 Å². The number of phenols is 5. The van der Waals surface area contributed by atoms with E-state index in [4.69, 9.17) is 14.2 Å². The van der Waals surface area contributed by atoms with Gasteiger partial charge in [0.2, 0.25) is 6.29 Å². The lowest BCUT2D eigenvalue weighted by atomic mass is 9.99. The van der Waals surface area contributed by atoms with Gasteiger partial charge in [-0.15, -0.1) is 0 Å². The quantitative estimate of drug-likeness (QED) is 0.143. The van der Waals surface area contributed by atoms with E-state index in [1.807, 2.05) is 0 Å². The number of hydrogen-bond donors (Lipinski definition) is 8. The third-order valence-electron chi connectivity index (χ3n) is 5.00. The van der Waals surface area contributed by atoms with Gasteiger partial charge in [-0.3, -0.25) is 0 Å². The molecule has 5 atom stereocenters. The van der Waals surface area contributed by atoms with E-state index < -0.39 is 72.2 Å². The van der Waals surface area contributed by atoms with Gasteiger partial charge in [-0.1, -0.05) is 6.07 Å². The minimum Gasteiger partial charge on any atom is -0.504 e. The predicted octanol–water partition coefficient (Wildman–Crippen LogP) is -0.564. The molecule has 0 aromatic heterocycles. The molecule has 8 N–H and O–H groups in total. The molecule has 5 unspecified atom stereocenters. The van der Waals surface area contributed by atoms with Crippen LogP contribution in [0.4, 0.5) is 0 Å². The normalized spacial score (nSPS) is 24.3. The largest absolute Gasteiger partial charge is 0.504 e. The van der Waals surface area contributed by atoms with Gasteiger partial charge in [-0.05, 0) is 35.9 Å². The second kappa shape index (κ2) is 10.5. The first kappa shape index (κ1) is 25.6. The highest BCUT2D eigenvalue weighted by molar-refractivity contribution is 5.91. The zero-order valence-corrected chi connectivity index (χ0v) is 17.8. The average molecular weight is 494 g/mol. The lowest BCUT2D eigenvalue weighted by molar-refractivity contribution is -0.290. The van der Waals surface area contributed by atoms with Crippen molar-refractivity contribution in [2.75, 3.05) is 6.61 Å². The monoisotopic (exact) mass is 494 g/mol. The number of phenolic OH excluding ortho intramolecular Hbond substituents is 5. The minimum absolute atomic E-state index is 0.328. The summed E-state index contributed by atoms with van der Waals surface area (Å²) in [4.78, 5) is 24.3. The van der Waals surface area contributed by atoms with E-state index in [0.717, 1.165) is 18.2 Å². The van der Waals surface area contributed by atoms with Gasteiger partial charge < -0.3 is 55.1 Å². The Bertz CT molecular complexity index is 1110. The molecule has 188 valence electrons. The van der Waals surface area contributed by atoms with E-state index in [0.29, 0.717) is 5.56 Å². The molecule has 13 heteroatoms. The van der Waals surface area contributed by atoms with E-state index in [2.05, 4.69) is 0 Å². The van der Waals surface area contributed by atoms with Gasteiger partial charge in [-0.25, -0.2) is 9.59 Å². The molecular weight excluding hydrogens is 472 g/mol. The van der Waals surface area contributed by atoms with Crippen molar-refractivity contribution in [3.05, 3.63) is 47.5 Å². The van der Waals surface area contributed by atoms with E-state index in [-0.39, 0.29) is 11.3 Å². The molecule has 0 saturated carbocycles. The number of aliphatic hydroxyl groups is 3. The van der Waals surface area contributed by atoms with Gasteiger partial charge >= 0.3 is 11.9 Å². The number of aliphatic hydroxyl groups excluding tert-OH is 3. The topological polar surface area (TPSA) is 224 Å². The standard InChI is InChI=1S/C22H22O13/c23-11-3-1-9(5-12(11)24)2-4-16(27)35-22-20(31)19(30)18(29)15(34-22)8-33-21(32)10-6-13(25)17(28)14(26)7-10/h1-7,15,18-20,22-26,28-31H,8H2. The molecule has 3 rings (SSSR count). The maximum Gasteiger partial charge on any atom is 0.338 e. The maximum absolute atomic E-state index is 12.2. The number of carbonyl (C=O) groups excluding carboxylic acids is 2. The van der Waals surface area contributed by atoms with Crippen molar-refractivity contribution in [3.8, 4) is 28.7 Å². The van der Waals surface area contributed by atoms with Crippen molar-refractivity contribution in [3.63, 3.8) is 0 Å². The highest BCUT2D eigenvalue weighted by Gasteiger charge is 2.46. The Morgan fingerprint density at radius 1 is 0.857 bits per heavy atom. The number of ether oxygens (including phenoxy) is 3. The smallest absolute Gasteiger partial charge is 0.338 e. The number of hydrogen-bond acceptors (Lipinski definition) is 13. The summed E-state index contributed by atoms with van der Waals surface area (Å²) < 4.78 is 15.1. The summed E-state index contributed by atoms with van der Waals surface area (Å²) in [6.07, 6.45) is -6.51. The fourth-order valence-corrected chi connectivity index (χ4v) is 3.08. The van der Waals surface area contributed by atoms with Crippen molar-refractivity contribution in [1.82, 2.24) is 0 Å². The molecule has 13 nitrogen and oxygen atoms in total. The Morgan fingerprint density at radius 3 is 2.14 bits per heavy atom. The third kappa shape index (κ3) is 5.91. The van der Waals surface area contributed by atoms with Crippen molar-refractivity contribution in [2.24, 2.45) is 0 Å². The summed E-state index contributed by atoms with van der Waals surface area (Å²) >= 11 is 0. The maximum atomic E-state index is 12.2. The van der Waals surface area contributed by atoms with Crippen LogP contribution in [0, 0.1) is 0 Å². The summed E-state index contributed by atoms with van der Waals surface area (Å²) in [5.41, 5.74) is -0.0222. The first-order valence-electron chi connectivity index (χ1n) is 10.00. The van der Waals surface area contributed by atoms with Gasteiger partial charge in [0, 0.05) is 6.08 Å². The van der Waals surface area contributed by atoms with Gasteiger partial charge in [0.1, 0.15) is 31.0 Å². The van der Waals surface area contributed by atoms with Gasteiger partial charge in [-0.2, -0.15) is 0 Å². The van der Waals surface area contributed by atoms with Crippen LogP contribution >= 0.6 is 0 Å². The molecule has 1 fully saturated rings. The predicted molar refractivity (Wildman–Crippen MR) is 113 cm³/mol. The second-order valence-corrected chi connectivity index (χ2v) is 7.49. The van der Waals surface area contributed by atoms with Crippen LogP contribution in [0.1, 0.15) is 15.9 Å². The average Bonchev–Trinajstić information content (AvgIpc) is 2.82. The third-order valence-corrected chi connectivity index (χ3v) is 5.00. The molecule has 1 aliphatic rings. The first-order valence-corrected chi connectivity index (χ1v) is 10.00. The Morgan fingerprint density at radius 2 is 1.51 bits per heavy atom. The number of carbonyl (C=O) groups is 2. The Balaban J connectivity index is 1.63. The van der Waals surface area contributed by atoms with Crippen LogP contribution in [0.5, 0.6) is 28.7 Å². The summed E-state index contributed by atoms with van der Waals surface area (Å²) in [6.45, 7) is -0.692. The van der Waals surface area contributed by atoms with Crippen LogP contribution < -0.4 is 0 Å². The number of benzene rings is 2. The summed E-state index contributed by atoms with van der Waals surface area (Å²) in [6, 6.07) is 5.39. The first-order chi connectivity index (χ1) is 16.5. The van der Waals surface area contributed by atoms with E-state index in [1.54, 1.807) is 0 Å². The number of rotatable bonds is 6. The molecule has 0 amide bonds. The Labute approximate surface area is 196 Å². The zero-order chi connectivity index (χ0) is 25.9. The van der Waals surface area contributed by atoms with Crippen LogP contribution in [0.2, 0.25) is 0 Å². The van der Waals surface area contributed by atoms with E-state index in [1.165, 1.54) is 24.3 Å². The highest BCUT2D eigenvalue weighted by Crippen LogP contribution is 2.35. The molecule has 1 heterocycles. The second-order valence-electron chi connectivity index (χ2n) is 7.49. The van der Waals surface area contributed by atoms with Crippen LogP contribution in [0.25, 0.3) is 6.08 Å². The number of esters is 2. The molecule has 1 aliphatic heterocycles. The molecule has 2 aromatic rings. The molecule has 2 aromatic carbocycles. The summed E-state index contributed by atoms with van der Waals surface area (Å²) in [5, 5.41) is 77.4. The van der Waals surface area contributed by atoms with Crippen molar-refractivity contribution >= 4 is 18.0 Å². The SMILES string of the molecule is O=C(C=Cc1ccc(O)c(O)c1)OC1OC(COC(=O)c2cc(O)c(O)c(O)c2)C(O)C(O)C1O. The Hall–Kier alpha value is -4.04.